The van der Waals surface area contributed by atoms with Crippen LogP contribution in [0.5, 0.6) is 0 Å². The van der Waals surface area contributed by atoms with E-state index in [2.05, 4.69) is 5.32 Å². The van der Waals surface area contributed by atoms with Crippen LogP contribution < -0.4 is 5.32 Å². The maximum absolute atomic E-state index is 13.7. The van der Waals surface area contributed by atoms with Gasteiger partial charge in [-0.25, -0.2) is 8.78 Å². The van der Waals surface area contributed by atoms with Crippen LogP contribution in [0.1, 0.15) is 16.5 Å². The average Bonchev–Trinajstić information content (AvgIpc) is 2.75. The van der Waals surface area contributed by atoms with Crippen molar-refractivity contribution in [2.24, 2.45) is 0 Å². The summed E-state index contributed by atoms with van der Waals surface area (Å²) in [5.41, 5.74) is 0.335. The van der Waals surface area contributed by atoms with Gasteiger partial charge in [-0.2, -0.15) is 0 Å². The summed E-state index contributed by atoms with van der Waals surface area (Å²) in [7, 11) is 1.73. The van der Waals surface area contributed by atoms with Crippen molar-refractivity contribution in [3.63, 3.8) is 0 Å². The third kappa shape index (κ3) is 3.07. The molecule has 1 aromatic carbocycles. The summed E-state index contributed by atoms with van der Waals surface area (Å²) >= 11 is 7.30. The zero-order valence-electron chi connectivity index (χ0n) is 9.71. The van der Waals surface area contributed by atoms with Gasteiger partial charge < -0.3 is 5.32 Å². The minimum atomic E-state index is -0.434. The van der Waals surface area contributed by atoms with E-state index < -0.39 is 11.6 Å². The summed E-state index contributed by atoms with van der Waals surface area (Å²) in [5.74, 6) is -0.839. The minimum absolute atomic E-state index is 0.268. The zero-order valence-corrected chi connectivity index (χ0v) is 11.3. The number of halogens is 3. The standard InChI is InChI=1S/C13H12ClF2NS/c1-17-12(7-9-3-5-13(14)18-9)10-6-8(15)2-4-11(10)16/h2-6,12,17H,7H2,1H3. The lowest BCUT2D eigenvalue weighted by Crippen LogP contribution is -2.19. The van der Waals surface area contributed by atoms with Gasteiger partial charge in [0.15, 0.2) is 0 Å². The van der Waals surface area contributed by atoms with Crippen molar-refractivity contribution >= 4 is 22.9 Å². The second-order valence-electron chi connectivity index (χ2n) is 3.92. The lowest BCUT2D eigenvalue weighted by molar-refractivity contribution is 0.525. The van der Waals surface area contributed by atoms with E-state index in [-0.39, 0.29) is 6.04 Å². The topological polar surface area (TPSA) is 12.0 Å². The molecule has 0 saturated heterocycles. The van der Waals surface area contributed by atoms with Gasteiger partial charge in [0.2, 0.25) is 0 Å². The summed E-state index contributed by atoms with van der Waals surface area (Å²) in [6, 6.07) is 6.93. The normalized spacial score (nSPS) is 12.7. The van der Waals surface area contributed by atoms with Gasteiger partial charge in [0.05, 0.1) is 4.34 Å². The molecule has 0 aliphatic carbocycles. The summed E-state index contributed by atoms with van der Waals surface area (Å²) < 4.78 is 27.6. The van der Waals surface area contributed by atoms with Gasteiger partial charge >= 0.3 is 0 Å². The molecule has 0 saturated carbocycles. The van der Waals surface area contributed by atoms with Crippen molar-refractivity contribution in [1.29, 1.82) is 0 Å². The molecule has 1 atom stereocenters. The molecular weight excluding hydrogens is 276 g/mol. The van der Waals surface area contributed by atoms with E-state index >= 15 is 0 Å². The number of rotatable bonds is 4. The average molecular weight is 288 g/mol. The number of nitrogens with one attached hydrogen (secondary N) is 1. The maximum Gasteiger partial charge on any atom is 0.128 e. The Morgan fingerprint density at radius 1 is 1.28 bits per heavy atom. The van der Waals surface area contributed by atoms with Gasteiger partial charge in [-0.3, -0.25) is 0 Å². The highest BCUT2D eigenvalue weighted by Gasteiger charge is 2.16. The fourth-order valence-corrected chi connectivity index (χ4v) is 2.94. The molecule has 1 N–H and O–H groups in total. The van der Waals surface area contributed by atoms with Gasteiger partial charge in [0.25, 0.3) is 0 Å². The van der Waals surface area contributed by atoms with E-state index in [1.165, 1.54) is 17.4 Å². The van der Waals surface area contributed by atoms with Crippen LogP contribution in [0.15, 0.2) is 30.3 Å². The van der Waals surface area contributed by atoms with Crippen LogP contribution in [-0.2, 0) is 6.42 Å². The summed E-state index contributed by atoms with van der Waals surface area (Å²) in [5, 5.41) is 3.00. The van der Waals surface area contributed by atoms with Crippen molar-refractivity contribution in [3.8, 4) is 0 Å². The van der Waals surface area contributed by atoms with Crippen LogP contribution in [0.4, 0.5) is 8.78 Å². The zero-order chi connectivity index (χ0) is 13.1. The summed E-state index contributed by atoms with van der Waals surface area (Å²) in [6.45, 7) is 0. The van der Waals surface area contributed by atoms with Crippen molar-refractivity contribution in [2.75, 3.05) is 7.05 Å². The molecule has 1 unspecified atom stereocenters. The first-order valence-corrected chi connectivity index (χ1v) is 6.66. The monoisotopic (exact) mass is 287 g/mol. The molecule has 5 heteroatoms. The van der Waals surface area contributed by atoms with Crippen LogP contribution in [-0.4, -0.2) is 7.05 Å². The first-order valence-electron chi connectivity index (χ1n) is 5.46. The SMILES string of the molecule is CNC(Cc1ccc(Cl)s1)c1cc(F)ccc1F. The van der Waals surface area contributed by atoms with Crippen LogP contribution >= 0.6 is 22.9 Å². The highest BCUT2D eigenvalue weighted by atomic mass is 35.5. The van der Waals surface area contributed by atoms with Crippen LogP contribution in [0.3, 0.4) is 0 Å². The Morgan fingerprint density at radius 2 is 2.06 bits per heavy atom. The largest absolute Gasteiger partial charge is 0.313 e. The second kappa shape index (κ2) is 5.78. The Labute approximate surface area is 113 Å². The lowest BCUT2D eigenvalue weighted by Gasteiger charge is -2.16. The Kier molecular flexibility index (Phi) is 4.32. The Balaban J connectivity index is 2.25. The first-order chi connectivity index (χ1) is 8.60. The van der Waals surface area contributed by atoms with Gasteiger partial charge in [-0.05, 0) is 37.4 Å². The molecule has 0 bridgehead atoms. The van der Waals surface area contributed by atoms with Gasteiger partial charge in [-0.15, -0.1) is 11.3 Å². The van der Waals surface area contributed by atoms with E-state index in [0.717, 1.165) is 17.0 Å². The van der Waals surface area contributed by atoms with Crippen molar-refractivity contribution in [1.82, 2.24) is 5.32 Å². The smallest absolute Gasteiger partial charge is 0.128 e. The third-order valence-electron chi connectivity index (χ3n) is 2.72. The molecule has 0 spiro atoms. The fraction of sp³-hybridized carbons (Fsp3) is 0.231. The van der Waals surface area contributed by atoms with Crippen LogP contribution in [0.25, 0.3) is 0 Å². The molecule has 1 nitrogen and oxygen atoms in total. The Hall–Kier alpha value is -0.970. The number of hydrogen-bond donors (Lipinski definition) is 1. The molecule has 0 fully saturated rings. The molecule has 0 radical (unpaired) electrons. The first kappa shape index (κ1) is 13.5. The van der Waals surface area contributed by atoms with Crippen LogP contribution in [0, 0.1) is 11.6 Å². The second-order valence-corrected chi connectivity index (χ2v) is 5.72. The van der Waals surface area contributed by atoms with Crippen LogP contribution in [0.2, 0.25) is 4.34 Å². The number of thiophene rings is 1. The molecule has 2 aromatic rings. The Bertz CT molecular complexity index is 542. The van der Waals surface area contributed by atoms with Gasteiger partial charge in [0.1, 0.15) is 11.6 Å². The Morgan fingerprint density at radius 3 is 2.67 bits per heavy atom. The van der Waals surface area contributed by atoms with E-state index in [1.807, 2.05) is 6.07 Å². The lowest BCUT2D eigenvalue weighted by atomic mass is 10.0. The molecular formula is C13H12ClF2NS. The highest BCUT2D eigenvalue weighted by Crippen LogP contribution is 2.27. The predicted molar refractivity (Wildman–Crippen MR) is 71.2 cm³/mol. The number of benzene rings is 1. The minimum Gasteiger partial charge on any atom is -0.313 e. The maximum atomic E-state index is 13.7. The number of hydrogen-bond acceptors (Lipinski definition) is 2. The van der Waals surface area contributed by atoms with E-state index in [1.54, 1.807) is 13.1 Å². The molecule has 1 aromatic heterocycles. The molecule has 0 aliphatic rings. The van der Waals surface area contributed by atoms with E-state index in [0.29, 0.717) is 16.3 Å². The van der Waals surface area contributed by atoms with Gasteiger partial charge in [-0.1, -0.05) is 11.6 Å². The third-order valence-corrected chi connectivity index (χ3v) is 3.97. The van der Waals surface area contributed by atoms with E-state index in [4.69, 9.17) is 11.6 Å². The van der Waals surface area contributed by atoms with E-state index in [9.17, 15) is 8.78 Å². The quantitative estimate of drug-likeness (QED) is 0.889. The molecule has 96 valence electrons. The highest BCUT2D eigenvalue weighted by molar-refractivity contribution is 7.16. The fourth-order valence-electron chi connectivity index (χ4n) is 1.81. The molecule has 18 heavy (non-hydrogen) atoms. The van der Waals surface area contributed by atoms with Crippen molar-refractivity contribution in [3.05, 3.63) is 56.7 Å². The summed E-state index contributed by atoms with van der Waals surface area (Å²) in [6.07, 6.45) is 0.578. The molecule has 0 aliphatic heterocycles. The number of likely N-dealkylation sites (N-methyl/N-ethyl adjacent to an activating group) is 1. The molecule has 0 amide bonds. The van der Waals surface area contributed by atoms with Gasteiger partial charge in [0, 0.05) is 22.9 Å². The van der Waals surface area contributed by atoms with Crippen molar-refractivity contribution < 1.29 is 8.78 Å². The molecule has 1 heterocycles. The summed E-state index contributed by atoms with van der Waals surface area (Å²) in [4.78, 5) is 1.03. The van der Waals surface area contributed by atoms with Crippen molar-refractivity contribution in [2.45, 2.75) is 12.5 Å². The predicted octanol–water partition coefficient (Wildman–Crippen LogP) is 4.18. The molecule has 2 rings (SSSR count).